The number of hydrogen-bond acceptors (Lipinski definition) is 2. The van der Waals surface area contributed by atoms with Crippen LogP contribution < -0.4 is 4.74 Å². The molecule has 1 aliphatic heterocycles. The summed E-state index contributed by atoms with van der Waals surface area (Å²) >= 11 is 0. The van der Waals surface area contributed by atoms with Gasteiger partial charge in [0.15, 0.2) is 0 Å². The number of aromatic amines is 1. The molecule has 1 unspecified atom stereocenters. The lowest BCUT2D eigenvalue weighted by molar-refractivity contribution is -0.133. The highest BCUT2D eigenvalue weighted by Crippen LogP contribution is 2.24. The van der Waals surface area contributed by atoms with Crippen LogP contribution in [0.3, 0.4) is 0 Å². The van der Waals surface area contributed by atoms with E-state index in [-0.39, 0.29) is 0 Å². The maximum absolute atomic E-state index is 12.8. The second-order valence-corrected chi connectivity index (χ2v) is 8.37. The lowest BCUT2D eigenvalue weighted by Crippen LogP contribution is -2.40. The first kappa shape index (κ1) is 20.5. The van der Waals surface area contributed by atoms with Gasteiger partial charge in [0.25, 0.3) is 0 Å². The number of benzene rings is 2. The highest BCUT2D eigenvalue weighted by Gasteiger charge is 2.23. The molecule has 1 aliphatic rings. The van der Waals surface area contributed by atoms with Gasteiger partial charge in [0.05, 0.1) is 6.61 Å². The van der Waals surface area contributed by atoms with E-state index in [0.29, 0.717) is 24.9 Å². The number of nitrogens with zero attached hydrogens (tertiary/aromatic N) is 1. The summed E-state index contributed by atoms with van der Waals surface area (Å²) in [5, 5.41) is 1.17. The van der Waals surface area contributed by atoms with Crippen molar-refractivity contribution in [3.63, 3.8) is 0 Å². The van der Waals surface area contributed by atoms with Crippen molar-refractivity contribution in [2.45, 2.75) is 45.4 Å². The molecule has 1 aromatic heterocycles. The Bertz CT molecular complexity index is 964. The number of piperidine rings is 1. The fourth-order valence-corrected chi connectivity index (χ4v) is 4.56. The summed E-state index contributed by atoms with van der Waals surface area (Å²) in [7, 11) is 0. The Labute approximate surface area is 179 Å². The van der Waals surface area contributed by atoms with Crippen molar-refractivity contribution in [1.29, 1.82) is 0 Å². The zero-order valence-corrected chi connectivity index (χ0v) is 17.9. The average Bonchev–Trinajstić information content (AvgIpc) is 3.17. The number of likely N-dealkylation sites (tertiary alicyclic amines) is 1. The van der Waals surface area contributed by atoms with Crippen molar-refractivity contribution in [2.24, 2.45) is 5.92 Å². The summed E-state index contributed by atoms with van der Waals surface area (Å²) in [5.74, 6) is 1.79. The van der Waals surface area contributed by atoms with Crippen molar-refractivity contribution in [2.75, 3.05) is 19.7 Å². The van der Waals surface area contributed by atoms with E-state index in [0.717, 1.165) is 50.0 Å². The molecule has 4 nitrogen and oxygen atoms in total. The zero-order chi connectivity index (χ0) is 20.8. The van der Waals surface area contributed by atoms with Crippen molar-refractivity contribution in [1.82, 2.24) is 9.88 Å². The normalized spacial score (nSPS) is 16.7. The van der Waals surface area contributed by atoms with Crippen molar-refractivity contribution in [3.8, 4) is 5.75 Å². The first-order valence-corrected chi connectivity index (χ1v) is 11.3. The largest absolute Gasteiger partial charge is 0.494 e. The predicted molar refractivity (Wildman–Crippen MR) is 122 cm³/mol. The molecule has 0 radical (unpaired) electrons. The van der Waals surface area contributed by atoms with Crippen LogP contribution in [0.25, 0.3) is 10.9 Å². The van der Waals surface area contributed by atoms with Gasteiger partial charge in [0.2, 0.25) is 5.91 Å². The molecule has 0 saturated carbocycles. The number of aromatic nitrogens is 1. The molecule has 0 spiro atoms. The summed E-state index contributed by atoms with van der Waals surface area (Å²) in [6, 6.07) is 19.0. The average molecular weight is 405 g/mol. The Morgan fingerprint density at radius 2 is 2.03 bits per heavy atom. The minimum absolute atomic E-state index is 0.308. The number of nitrogens with one attached hydrogen (secondary N) is 1. The zero-order valence-electron chi connectivity index (χ0n) is 17.9. The number of H-pyrrole nitrogens is 1. The van der Waals surface area contributed by atoms with E-state index in [2.05, 4.69) is 58.4 Å². The second-order valence-electron chi connectivity index (χ2n) is 8.37. The van der Waals surface area contributed by atoms with E-state index in [1.807, 2.05) is 13.0 Å². The lowest BCUT2D eigenvalue weighted by atomic mass is 9.91. The van der Waals surface area contributed by atoms with Crippen LogP contribution in [0.4, 0.5) is 0 Å². The van der Waals surface area contributed by atoms with E-state index in [4.69, 9.17) is 4.74 Å². The standard InChI is InChI=1S/C26H32N2O2/c1-2-30-24-13-14-25-22(18-24)17-23(27-25)11-6-12-26(29)28-15-7-10-21(19-28)16-20-8-4-3-5-9-20/h3-5,8-9,13-14,17-18,21,27H,2,6-7,10-12,15-16,19H2,1H3. The van der Waals surface area contributed by atoms with E-state index < -0.39 is 0 Å². The lowest BCUT2D eigenvalue weighted by Gasteiger charge is -2.33. The molecule has 1 amide bonds. The molecule has 1 atom stereocenters. The Balaban J connectivity index is 1.26. The Kier molecular flexibility index (Phi) is 6.73. The summed E-state index contributed by atoms with van der Waals surface area (Å²) in [5.41, 5.74) is 3.69. The molecule has 3 aromatic rings. The van der Waals surface area contributed by atoms with E-state index >= 15 is 0 Å². The van der Waals surface area contributed by atoms with Crippen LogP contribution in [0.2, 0.25) is 0 Å². The van der Waals surface area contributed by atoms with Gasteiger partial charge in [0.1, 0.15) is 5.75 Å². The number of carbonyl (C=O) groups is 1. The molecule has 0 bridgehead atoms. The van der Waals surface area contributed by atoms with Crippen LogP contribution in [0, 0.1) is 5.92 Å². The van der Waals surface area contributed by atoms with Crippen molar-refractivity contribution >= 4 is 16.8 Å². The number of hydrogen-bond donors (Lipinski definition) is 1. The van der Waals surface area contributed by atoms with Crippen molar-refractivity contribution < 1.29 is 9.53 Å². The number of amides is 1. The van der Waals surface area contributed by atoms with E-state index in [1.165, 1.54) is 23.1 Å². The molecule has 1 saturated heterocycles. The SMILES string of the molecule is CCOc1ccc2[nH]c(CCCC(=O)N3CCCC(Cc4ccccc4)C3)cc2c1. The summed E-state index contributed by atoms with van der Waals surface area (Å²) < 4.78 is 5.58. The molecule has 4 heteroatoms. The number of ether oxygens (including phenoxy) is 1. The Morgan fingerprint density at radius 3 is 2.87 bits per heavy atom. The van der Waals surface area contributed by atoms with Crippen LogP contribution >= 0.6 is 0 Å². The summed E-state index contributed by atoms with van der Waals surface area (Å²) in [4.78, 5) is 18.3. The number of rotatable bonds is 8. The van der Waals surface area contributed by atoms with Gasteiger partial charge in [-0.1, -0.05) is 30.3 Å². The first-order valence-electron chi connectivity index (χ1n) is 11.3. The van der Waals surface area contributed by atoms with E-state index in [1.54, 1.807) is 0 Å². The van der Waals surface area contributed by atoms with Gasteiger partial charge in [-0.25, -0.2) is 0 Å². The smallest absolute Gasteiger partial charge is 0.222 e. The predicted octanol–water partition coefficient (Wildman–Crippen LogP) is 5.37. The molecule has 4 rings (SSSR count). The maximum atomic E-state index is 12.8. The van der Waals surface area contributed by atoms with Crippen LogP contribution in [0.5, 0.6) is 5.75 Å². The third kappa shape index (κ3) is 5.24. The molecule has 30 heavy (non-hydrogen) atoms. The molecule has 2 aromatic carbocycles. The number of aryl methyl sites for hydroxylation is 1. The number of fused-ring (bicyclic) bond motifs is 1. The van der Waals surface area contributed by atoms with E-state index in [9.17, 15) is 4.79 Å². The topological polar surface area (TPSA) is 45.3 Å². The Morgan fingerprint density at radius 1 is 1.17 bits per heavy atom. The molecule has 158 valence electrons. The van der Waals surface area contributed by atoms with Gasteiger partial charge in [-0.3, -0.25) is 4.79 Å². The van der Waals surface area contributed by atoms with Gasteiger partial charge >= 0.3 is 0 Å². The molecule has 1 N–H and O–H groups in total. The summed E-state index contributed by atoms with van der Waals surface area (Å²) in [6.07, 6.45) is 5.81. The molecule has 1 fully saturated rings. The fourth-order valence-electron chi connectivity index (χ4n) is 4.56. The maximum Gasteiger partial charge on any atom is 0.222 e. The highest BCUT2D eigenvalue weighted by atomic mass is 16.5. The van der Waals surface area contributed by atoms with Gasteiger partial charge in [0, 0.05) is 36.1 Å². The third-order valence-electron chi connectivity index (χ3n) is 6.03. The summed E-state index contributed by atoms with van der Waals surface area (Å²) in [6.45, 7) is 4.49. The Hall–Kier alpha value is -2.75. The van der Waals surface area contributed by atoms with Crippen LogP contribution in [0.15, 0.2) is 54.6 Å². The number of carbonyl (C=O) groups excluding carboxylic acids is 1. The fraction of sp³-hybridized carbons (Fsp3) is 0.423. The van der Waals surface area contributed by atoms with Crippen LogP contribution in [0.1, 0.15) is 43.9 Å². The quantitative estimate of drug-likeness (QED) is 0.548. The minimum atomic E-state index is 0.308. The van der Waals surface area contributed by atoms with Gasteiger partial charge in [-0.2, -0.15) is 0 Å². The van der Waals surface area contributed by atoms with Crippen LogP contribution in [-0.4, -0.2) is 35.5 Å². The van der Waals surface area contributed by atoms with Gasteiger partial charge in [-0.05, 0) is 74.8 Å². The minimum Gasteiger partial charge on any atom is -0.494 e. The third-order valence-corrected chi connectivity index (χ3v) is 6.03. The molecular weight excluding hydrogens is 372 g/mol. The van der Waals surface area contributed by atoms with Gasteiger partial charge in [-0.15, -0.1) is 0 Å². The highest BCUT2D eigenvalue weighted by molar-refractivity contribution is 5.82. The molecule has 0 aliphatic carbocycles. The molecule has 2 heterocycles. The second kappa shape index (κ2) is 9.84. The molecular formula is C26H32N2O2. The van der Waals surface area contributed by atoms with Gasteiger partial charge < -0.3 is 14.6 Å². The van der Waals surface area contributed by atoms with Crippen LogP contribution in [-0.2, 0) is 17.6 Å². The monoisotopic (exact) mass is 404 g/mol. The first-order chi connectivity index (χ1) is 14.7. The van der Waals surface area contributed by atoms with Crippen molar-refractivity contribution in [3.05, 3.63) is 65.9 Å².